The molecule has 5 heteroatoms. The molecular formula is C17H17ClNO3+. The molecule has 2 heterocycles. The van der Waals surface area contributed by atoms with E-state index in [-0.39, 0.29) is 5.63 Å². The Kier molecular flexibility index (Phi) is 4.05. The molecule has 1 aromatic carbocycles. The van der Waals surface area contributed by atoms with E-state index in [9.17, 15) is 4.79 Å². The molecule has 0 spiro atoms. The summed E-state index contributed by atoms with van der Waals surface area (Å²) in [7, 11) is 2.05. The van der Waals surface area contributed by atoms with Crippen LogP contribution in [0.3, 0.4) is 0 Å². The lowest BCUT2D eigenvalue weighted by molar-refractivity contribution is -0.908. The smallest absolute Gasteiger partial charge is 0.336 e. The largest absolute Gasteiger partial charge is 0.463 e. The molecule has 114 valence electrons. The topological polar surface area (TPSA) is 47.8 Å². The van der Waals surface area contributed by atoms with Crippen molar-refractivity contribution in [3.8, 4) is 0 Å². The first-order valence-corrected chi connectivity index (χ1v) is 7.47. The van der Waals surface area contributed by atoms with Crippen molar-refractivity contribution in [1.82, 2.24) is 0 Å². The van der Waals surface area contributed by atoms with Crippen LogP contribution in [0.15, 0.2) is 50.2 Å². The predicted octanol–water partition coefficient (Wildman–Crippen LogP) is 2.56. The summed E-state index contributed by atoms with van der Waals surface area (Å²) in [5.41, 5.74) is 2.06. The molecule has 22 heavy (non-hydrogen) atoms. The van der Waals surface area contributed by atoms with Gasteiger partial charge in [0.2, 0.25) is 0 Å². The van der Waals surface area contributed by atoms with Crippen LogP contribution in [-0.4, -0.2) is 7.05 Å². The van der Waals surface area contributed by atoms with Crippen molar-refractivity contribution in [1.29, 1.82) is 0 Å². The summed E-state index contributed by atoms with van der Waals surface area (Å²) in [6.07, 6.45) is 1.66. The van der Waals surface area contributed by atoms with Crippen molar-refractivity contribution < 1.29 is 13.7 Å². The van der Waals surface area contributed by atoms with Gasteiger partial charge in [-0.1, -0.05) is 11.6 Å². The van der Waals surface area contributed by atoms with Crippen LogP contribution in [0.1, 0.15) is 16.9 Å². The summed E-state index contributed by atoms with van der Waals surface area (Å²) in [5, 5.41) is 1.56. The highest BCUT2D eigenvalue weighted by Crippen LogP contribution is 2.24. The summed E-state index contributed by atoms with van der Waals surface area (Å²) >= 11 is 6.21. The number of quaternary nitrogens is 1. The van der Waals surface area contributed by atoms with Crippen molar-refractivity contribution >= 4 is 22.6 Å². The van der Waals surface area contributed by atoms with Crippen LogP contribution in [-0.2, 0) is 13.1 Å². The number of hydrogen-bond acceptors (Lipinski definition) is 3. The number of furan rings is 1. The third-order valence-electron chi connectivity index (χ3n) is 3.66. The zero-order valence-corrected chi connectivity index (χ0v) is 13.2. The van der Waals surface area contributed by atoms with Gasteiger partial charge in [-0.2, -0.15) is 0 Å². The molecule has 1 unspecified atom stereocenters. The van der Waals surface area contributed by atoms with Crippen LogP contribution in [0.25, 0.3) is 11.0 Å². The van der Waals surface area contributed by atoms with Gasteiger partial charge in [0.25, 0.3) is 0 Å². The van der Waals surface area contributed by atoms with Crippen LogP contribution in [0.2, 0.25) is 5.02 Å². The molecule has 4 nitrogen and oxygen atoms in total. The molecule has 0 aliphatic carbocycles. The Morgan fingerprint density at radius 2 is 2.05 bits per heavy atom. The zero-order valence-electron chi connectivity index (χ0n) is 12.5. The van der Waals surface area contributed by atoms with E-state index in [1.807, 2.05) is 31.2 Å². The van der Waals surface area contributed by atoms with Gasteiger partial charge in [-0.15, -0.1) is 0 Å². The van der Waals surface area contributed by atoms with E-state index in [1.165, 1.54) is 4.90 Å². The molecule has 0 amide bonds. The van der Waals surface area contributed by atoms with Gasteiger partial charge in [-0.25, -0.2) is 4.79 Å². The average Bonchev–Trinajstić information content (AvgIpc) is 2.93. The summed E-state index contributed by atoms with van der Waals surface area (Å²) in [5.74, 6) is 0.915. The molecule has 1 atom stereocenters. The Labute approximate surface area is 132 Å². The van der Waals surface area contributed by atoms with Gasteiger partial charge in [0.1, 0.15) is 18.7 Å². The minimum absolute atomic E-state index is 0.338. The van der Waals surface area contributed by atoms with Gasteiger partial charge in [0.15, 0.2) is 5.76 Å². The maximum atomic E-state index is 11.8. The van der Waals surface area contributed by atoms with Crippen LogP contribution in [0, 0.1) is 6.92 Å². The highest BCUT2D eigenvalue weighted by Gasteiger charge is 2.13. The molecule has 0 aliphatic rings. The number of rotatable bonds is 4. The number of benzene rings is 1. The summed E-state index contributed by atoms with van der Waals surface area (Å²) in [4.78, 5) is 13.0. The van der Waals surface area contributed by atoms with Crippen molar-refractivity contribution in [3.63, 3.8) is 0 Å². The van der Waals surface area contributed by atoms with E-state index in [0.717, 1.165) is 28.8 Å². The maximum absolute atomic E-state index is 11.8. The monoisotopic (exact) mass is 318 g/mol. The third-order valence-corrected chi connectivity index (χ3v) is 4.06. The number of fused-ring (bicyclic) bond motifs is 1. The van der Waals surface area contributed by atoms with Gasteiger partial charge < -0.3 is 13.7 Å². The molecule has 0 fully saturated rings. The maximum Gasteiger partial charge on any atom is 0.336 e. The Bertz CT molecular complexity index is 852. The Balaban J connectivity index is 1.95. The molecule has 3 aromatic rings. The van der Waals surface area contributed by atoms with E-state index in [0.29, 0.717) is 17.2 Å². The summed E-state index contributed by atoms with van der Waals surface area (Å²) in [6.45, 7) is 3.32. The zero-order chi connectivity index (χ0) is 15.7. The Morgan fingerprint density at radius 3 is 2.77 bits per heavy atom. The second-order valence-electron chi connectivity index (χ2n) is 5.58. The van der Waals surface area contributed by atoms with Crippen LogP contribution in [0.4, 0.5) is 0 Å². The number of nitrogens with one attached hydrogen (secondary N) is 1. The quantitative estimate of drug-likeness (QED) is 0.752. The number of aryl methyl sites for hydroxylation is 1. The predicted molar refractivity (Wildman–Crippen MR) is 85.2 cm³/mol. The molecule has 0 bridgehead atoms. The van der Waals surface area contributed by atoms with Crippen LogP contribution < -0.4 is 10.5 Å². The van der Waals surface area contributed by atoms with Crippen molar-refractivity contribution in [2.45, 2.75) is 20.0 Å². The fourth-order valence-corrected chi connectivity index (χ4v) is 2.76. The number of hydrogen-bond donors (Lipinski definition) is 1. The minimum Gasteiger partial charge on any atom is -0.463 e. The van der Waals surface area contributed by atoms with Crippen molar-refractivity contribution in [2.75, 3.05) is 7.05 Å². The molecule has 0 saturated carbocycles. The van der Waals surface area contributed by atoms with E-state index < -0.39 is 0 Å². The molecule has 0 aliphatic heterocycles. The lowest BCUT2D eigenvalue weighted by Gasteiger charge is -2.14. The van der Waals surface area contributed by atoms with Crippen LogP contribution >= 0.6 is 11.6 Å². The lowest BCUT2D eigenvalue weighted by Crippen LogP contribution is -3.06. The van der Waals surface area contributed by atoms with Gasteiger partial charge in [0, 0.05) is 22.0 Å². The normalized spacial score (nSPS) is 12.7. The van der Waals surface area contributed by atoms with E-state index >= 15 is 0 Å². The molecule has 2 aromatic heterocycles. The first kappa shape index (κ1) is 14.9. The first-order valence-electron chi connectivity index (χ1n) is 7.09. The fraction of sp³-hybridized carbons (Fsp3) is 0.235. The highest BCUT2D eigenvalue weighted by atomic mass is 35.5. The van der Waals surface area contributed by atoms with Crippen LogP contribution in [0.5, 0.6) is 0 Å². The molecule has 3 rings (SSSR count). The first-order chi connectivity index (χ1) is 10.5. The van der Waals surface area contributed by atoms with Crippen molar-refractivity contribution in [2.24, 2.45) is 0 Å². The second kappa shape index (κ2) is 5.99. The second-order valence-corrected chi connectivity index (χ2v) is 5.99. The Morgan fingerprint density at radius 1 is 1.23 bits per heavy atom. The van der Waals surface area contributed by atoms with E-state index in [1.54, 1.807) is 12.3 Å². The van der Waals surface area contributed by atoms with Gasteiger partial charge in [0.05, 0.1) is 13.3 Å². The van der Waals surface area contributed by atoms with Gasteiger partial charge >= 0.3 is 5.63 Å². The van der Waals surface area contributed by atoms with E-state index in [4.69, 9.17) is 20.4 Å². The van der Waals surface area contributed by atoms with E-state index in [2.05, 4.69) is 7.05 Å². The fourth-order valence-electron chi connectivity index (χ4n) is 2.59. The standard InChI is InChI=1S/C17H16ClNO3/c1-11-6-16-14(8-15(11)18)12(7-17(20)22-16)9-19(2)10-13-4-3-5-21-13/h3-8H,9-10H2,1-2H3/p+1. The molecular weight excluding hydrogens is 302 g/mol. The molecule has 1 N–H and O–H groups in total. The summed E-state index contributed by atoms with van der Waals surface area (Å²) in [6, 6.07) is 9.04. The highest BCUT2D eigenvalue weighted by molar-refractivity contribution is 6.32. The molecule has 0 radical (unpaired) electrons. The van der Waals surface area contributed by atoms with Gasteiger partial charge in [-0.05, 0) is 36.8 Å². The summed E-state index contributed by atoms with van der Waals surface area (Å²) < 4.78 is 10.6. The lowest BCUT2D eigenvalue weighted by atomic mass is 10.1. The third kappa shape index (κ3) is 3.08. The number of halogens is 1. The SMILES string of the molecule is Cc1cc2oc(=O)cc(C[NH+](C)Cc3ccco3)c2cc1Cl. The minimum atomic E-state index is -0.338. The average molecular weight is 319 g/mol. The van der Waals surface area contributed by atoms with Crippen molar-refractivity contribution in [3.05, 3.63) is 68.9 Å². The van der Waals surface area contributed by atoms with Gasteiger partial charge in [-0.3, -0.25) is 0 Å². The Hall–Kier alpha value is -2.04. The molecule has 0 saturated heterocycles.